The van der Waals surface area contributed by atoms with E-state index in [-0.39, 0.29) is 17.9 Å². The molecule has 2 amide bonds. The van der Waals surface area contributed by atoms with Crippen LogP contribution in [-0.4, -0.2) is 39.0 Å². The van der Waals surface area contributed by atoms with Crippen molar-refractivity contribution in [2.24, 2.45) is 0 Å². The first-order valence-corrected chi connectivity index (χ1v) is 11.4. The number of nitrogens with zero attached hydrogens (tertiary/aromatic N) is 3. The van der Waals surface area contributed by atoms with Crippen LogP contribution >= 0.6 is 0 Å². The van der Waals surface area contributed by atoms with E-state index in [1.165, 1.54) is 0 Å². The number of rotatable bonds is 8. The van der Waals surface area contributed by atoms with E-state index in [0.29, 0.717) is 30.8 Å². The van der Waals surface area contributed by atoms with Gasteiger partial charge in [-0.05, 0) is 62.9 Å². The molecule has 7 heteroatoms. The predicted molar refractivity (Wildman–Crippen MR) is 132 cm³/mol. The summed E-state index contributed by atoms with van der Waals surface area (Å²) in [6, 6.07) is 19.1. The van der Waals surface area contributed by atoms with E-state index in [0.717, 1.165) is 27.9 Å². The van der Waals surface area contributed by atoms with Gasteiger partial charge in [0.15, 0.2) is 5.69 Å². The van der Waals surface area contributed by atoms with Gasteiger partial charge in [0, 0.05) is 30.0 Å². The van der Waals surface area contributed by atoms with Crippen molar-refractivity contribution in [3.8, 4) is 0 Å². The first kappa shape index (κ1) is 23.2. The number of carbonyl (C=O) groups excluding carboxylic acids is 2. The Kier molecular flexibility index (Phi) is 7.01. The Morgan fingerprint density at radius 2 is 1.74 bits per heavy atom. The summed E-state index contributed by atoms with van der Waals surface area (Å²) >= 11 is 0. The molecule has 0 aliphatic carbocycles. The van der Waals surface area contributed by atoms with Crippen LogP contribution in [0.3, 0.4) is 0 Å². The first-order chi connectivity index (χ1) is 16.4. The highest BCUT2D eigenvalue weighted by atomic mass is 16.2. The summed E-state index contributed by atoms with van der Waals surface area (Å²) in [7, 11) is 0. The summed E-state index contributed by atoms with van der Waals surface area (Å²) in [6.07, 6.45) is 3.07. The Morgan fingerprint density at radius 1 is 0.941 bits per heavy atom. The van der Waals surface area contributed by atoms with Gasteiger partial charge in [-0.25, -0.2) is 9.50 Å². The highest BCUT2D eigenvalue weighted by Crippen LogP contribution is 2.19. The monoisotopic (exact) mass is 455 g/mol. The maximum atomic E-state index is 13.2. The Labute approximate surface area is 199 Å². The lowest BCUT2D eigenvalue weighted by Gasteiger charge is -2.19. The second-order valence-electron chi connectivity index (χ2n) is 8.53. The smallest absolute Gasteiger partial charge is 0.272 e. The molecule has 0 aliphatic heterocycles. The molecule has 0 bridgehead atoms. The van der Waals surface area contributed by atoms with Gasteiger partial charge < -0.3 is 10.6 Å². The maximum Gasteiger partial charge on any atom is 0.272 e. The summed E-state index contributed by atoms with van der Waals surface area (Å²) in [5.41, 5.74) is 5.58. The van der Waals surface area contributed by atoms with E-state index in [9.17, 15) is 9.59 Å². The molecule has 0 radical (unpaired) electrons. The van der Waals surface area contributed by atoms with Crippen molar-refractivity contribution in [3.63, 3.8) is 0 Å². The van der Waals surface area contributed by atoms with E-state index in [4.69, 9.17) is 0 Å². The third-order valence-corrected chi connectivity index (χ3v) is 5.87. The molecular weight excluding hydrogens is 426 g/mol. The van der Waals surface area contributed by atoms with Crippen molar-refractivity contribution in [1.82, 2.24) is 25.2 Å². The maximum absolute atomic E-state index is 13.2. The number of benzene rings is 1. The normalized spacial score (nSPS) is 11.9. The van der Waals surface area contributed by atoms with Gasteiger partial charge in [-0.2, -0.15) is 5.10 Å². The Bertz CT molecular complexity index is 1310. The first-order valence-electron chi connectivity index (χ1n) is 11.4. The minimum absolute atomic E-state index is 0.175. The SMILES string of the molecule is Cc1cccc(C(=O)NCCC(Cc2ccccc2)NC(=O)c2nn3cccc(C)c3c2C)n1. The third-order valence-electron chi connectivity index (χ3n) is 5.87. The summed E-state index contributed by atoms with van der Waals surface area (Å²) in [6.45, 7) is 6.20. The van der Waals surface area contributed by atoms with Gasteiger partial charge >= 0.3 is 0 Å². The zero-order valence-electron chi connectivity index (χ0n) is 19.7. The summed E-state index contributed by atoms with van der Waals surface area (Å²) < 4.78 is 1.75. The molecule has 1 unspecified atom stereocenters. The van der Waals surface area contributed by atoms with Gasteiger partial charge in [0.1, 0.15) is 5.69 Å². The fraction of sp³-hybridized carbons (Fsp3) is 0.259. The van der Waals surface area contributed by atoms with Crippen LogP contribution in [0.4, 0.5) is 0 Å². The lowest BCUT2D eigenvalue weighted by atomic mass is 10.0. The Hall–Kier alpha value is -4.00. The largest absolute Gasteiger partial charge is 0.351 e. The number of aryl methyl sites for hydroxylation is 3. The molecule has 1 aromatic carbocycles. The molecule has 0 spiro atoms. The third kappa shape index (κ3) is 5.31. The quantitative estimate of drug-likeness (QED) is 0.423. The number of hydrogen-bond acceptors (Lipinski definition) is 4. The number of carbonyl (C=O) groups is 2. The van der Waals surface area contributed by atoms with Crippen LogP contribution in [0.15, 0.2) is 66.9 Å². The minimum Gasteiger partial charge on any atom is -0.351 e. The lowest BCUT2D eigenvalue weighted by molar-refractivity contribution is 0.0927. The van der Waals surface area contributed by atoms with Crippen LogP contribution in [-0.2, 0) is 6.42 Å². The molecule has 0 fully saturated rings. The van der Waals surface area contributed by atoms with Crippen molar-refractivity contribution in [1.29, 1.82) is 0 Å². The van der Waals surface area contributed by atoms with E-state index in [2.05, 4.69) is 20.7 Å². The number of hydrogen-bond donors (Lipinski definition) is 2. The number of nitrogens with one attached hydrogen (secondary N) is 2. The highest BCUT2D eigenvalue weighted by molar-refractivity contribution is 5.96. The van der Waals surface area contributed by atoms with Crippen LogP contribution in [0.5, 0.6) is 0 Å². The fourth-order valence-electron chi connectivity index (χ4n) is 4.16. The van der Waals surface area contributed by atoms with Gasteiger partial charge in [-0.3, -0.25) is 9.59 Å². The van der Waals surface area contributed by atoms with E-state index >= 15 is 0 Å². The highest BCUT2D eigenvalue weighted by Gasteiger charge is 2.21. The van der Waals surface area contributed by atoms with E-state index < -0.39 is 0 Å². The summed E-state index contributed by atoms with van der Waals surface area (Å²) in [5.74, 6) is -0.437. The molecule has 7 nitrogen and oxygen atoms in total. The summed E-state index contributed by atoms with van der Waals surface area (Å²) in [5, 5.41) is 10.6. The van der Waals surface area contributed by atoms with Crippen LogP contribution in [0.2, 0.25) is 0 Å². The van der Waals surface area contributed by atoms with Gasteiger partial charge in [-0.15, -0.1) is 0 Å². The molecule has 3 aromatic heterocycles. The molecule has 4 rings (SSSR count). The average molecular weight is 456 g/mol. The molecule has 174 valence electrons. The van der Waals surface area contributed by atoms with Crippen LogP contribution < -0.4 is 10.6 Å². The number of fused-ring (bicyclic) bond motifs is 1. The van der Waals surface area contributed by atoms with Gasteiger partial charge in [0.05, 0.1) is 5.52 Å². The molecular formula is C27H29N5O2. The molecule has 0 aliphatic rings. The van der Waals surface area contributed by atoms with Crippen LogP contribution in [0, 0.1) is 20.8 Å². The molecule has 0 saturated carbocycles. The van der Waals surface area contributed by atoms with Gasteiger partial charge in [-0.1, -0.05) is 42.5 Å². The van der Waals surface area contributed by atoms with Crippen LogP contribution in [0.25, 0.3) is 5.52 Å². The number of pyridine rings is 2. The topological polar surface area (TPSA) is 88.4 Å². The average Bonchev–Trinajstić information content (AvgIpc) is 3.17. The number of amides is 2. The molecule has 1 atom stereocenters. The Balaban J connectivity index is 1.47. The van der Waals surface area contributed by atoms with Crippen molar-refractivity contribution in [2.45, 2.75) is 39.7 Å². The second-order valence-corrected chi connectivity index (χ2v) is 8.53. The van der Waals surface area contributed by atoms with Crippen molar-refractivity contribution < 1.29 is 9.59 Å². The standard InChI is InChI=1S/C27H29N5O2/c1-18-9-8-16-32-25(18)20(3)24(31-32)27(34)30-22(17-21-11-5-4-6-12-21)14-15-28-26(33)23-13-7-10-19(2)29-23/h4-13,16,22H,14-15,17H2,1-3H3,(H,28,33)(H,30,34). The zero-order chi connectivity index (χ0) is 24.1. The van der Waals surface area contributed by atoms with Crippen molar-refractivity contribution >= 4 is 17.3 Å². The van der Waals surface area contributed by atoms with E-state index in [1.807, 2.05) is 81.6 Å². The van der Waals surface area contributed by atoms with Gasteiger partial charge in [0.2, 0.25) is 0 Å². The van der Waals surface area contributed by atoms with E-state index in [1.54, 1.807) is 10.6 Å². The predicted octanol–water partition coefficient (Wildman–Crippen LogP) is 3.82. The molecule has 2 N–H and O–H groups in total. The lowest BCUT2D eigenvalue weighted by Crippen LogP contribution is -2.40. The van der Waals surface area contributed by atoms with Crippen LogP contribution in [0.1, 0.15) is 49.8 Å². The van der Waals surface area contributed by atoms with Crippen molar-refractivity contribution in [3.05, 3.63) is 101 Å². The van der Waals surface area contributed by atoms with Gasteiger partial charge in [0.25, 0.3) is 11.8 Å². The Morgan fingerprint density at radius 3 is 2.47 bits per heavy atom. The molecule has 34 heavy (non-hydrogen) atoms. The zero-order valence-corrected chi connectivity index (χ0v) is 19.7. The summed E-state index contributed by atoms with van der Waals surface area (Å²) in [4.78, 5) is 30.0. The van der Waals surface area contributed by atoms with Crippen molar-refractivity contribution in [2.75, 3.05) is 6.54 Å². The molecule has 0 saturated heterocycles. The molecule has 4 aromatic rings. The second kappa shape index (κ2) is 10.3. The molecule has 3 heterocycles. The number of aromatic nitrogens is 3. The fourth-order valence-corrected chi connectivity index (χ4v) is 4.16. The minimum atomic E-state index is -0.222.